The lowest BCUT2D eigenvalue weighted by Crippen LogP contribution is -2.24. The molecule has 0 atom stereocenters. The molecular weight excluding hydrogens is 396 g/mol. The summed E-state index contributed by atoms with van der Waals surface area (Å²) in [5.74, 6) is -0.0165. The number of fused-ring (bicyclic) bond motifs is 1. The third-order valence-electron chi connectivity index (χ3n) is 4.90. The second-order valence-electron chi connectivity index (χ2n) is 8.69. The van der Waals surface area contributed by atoms with Gasteiger partial charge in [0.25, 0.3) is 5.91 Å². The maximum atomic E-state index is 13.3. The van der Waals surface area contributed by atoms with Crippen molar-refractivity contribution in [3.63, 3.8) is 0 Å². The predicted molar refractivity (Wildman–Crippen MR) is 121 cm³/mol. The number of H-pyrrole nitrogens is 1. The lowest BCUT2D eigenvalue weighted by atomic mass is 10.0. The van der Waals surface area contributed by atoms with Crippen LogP contribution in [0.1, 0.15) is 62.3 Å². The van der Waals surface area contributed by atoms with Gasteiger partial charge in [0, 0.05) is 17.3 Å². The van der Waals surface area contributed by atoms with E-state index in [9.17, 15) is 4.79 Å². The summed E-state index contributed by atoms with van der Waals surface area (Å²) < 4.78 is 1.91. The van der Waals surface area contributed by atoms with Gasteiger partial charge in [0.2, 0.25) is 0 Å². The van der Waals surface area contributed by atoms with Gasteiger partial charge in [0.05, 0.1) is 33.6 Å². The minimum Gasteiger partial charge on any atom is -0.360 e. The van der Waals surface area contributed by atoms with Gasteiger partial charge in [-0.25, -0.2) is 14.6 Å². The topological polar surface area (TPSA) is 88.5 Å². The van der Waals surface area contributed by atoms with Gasteiger partial charge < -0.3 is 4.98 Å². The van der Waals surface area contributed by atoms with Crippen LogP contribution in [0.25, 0.3) is 22.4 Å². The number of aromatic amines is 1. The molecule has 0 radical (unpaired) electrons. The van der Waals surface area contributed by atoms with E-state index in [0.717, 1.165) is 33.8 Å². The second kappa shape index (κ2) is 7.36. The highest BCUT2D eigenvalue weighted by atomic mass is 32.1. The highest BCUT2D eigenvalue weighted by molar-refractivity contribution is 7.14. The van der Waals surface area contributed by atoms with Crippen LogP contribution in [-0.4, -0.2) is 30.6 Å². The van der Waals surface area contributed by atoms with Gasteiger partial charge >= 0.3 is 0 Å². The fourth-order valence-electron chi connectivity index (χ4n) is 3.36. The summed E-state index contributed by atoms with van der Waals surface area (Å²) in [6.45, 7) is 12.3. The van der Waals surface area contributed by atoms with Crippen molar-refractivity contribution in [3.05, 3.63) is 46.7 Å². The molecule has 0 spiro atoms. The third kappa shape index (κ3) is 3.63. The van der Waals surface area contributed by atoms with Gasteiger partial charge in [-0.1, -0.05) is 13.8 Å². The Morgan fingerprint density at radius 1 is 1.27 bits per heavy atom. The lowest BCUT2D eigenvalue weighted by Gasteiger charge is -2.20. The van der Waals surface area contributed by atoms with Crippen molar-refractivity contribution >= 4 is 33.4 Å². The summed E-state index contributed by atoms with van der Waals surface area (Å²) in [5, 5.41) is 10.9. The van der Waals surface area contributed by atoms with E-state index in [0.29, 0.717) is 10.7 Å². The number of carbonyl (C=O) groups excluding carboxylic acids is 1. The van der Waals surface area contributed by atoms with Crippen LogP contribution >= 0.6 is 11.3 Å². The van der Waals surface area contributed by atoms with Gasteiger partial charge in [-0.2, -0.15) is 5.10 Å². The molecule has 0 aliphatic heterocycles. The maximum Gasteiger partial charge on any atom is 0.258 e. The van der Waals surface area contributed by atoms with Crippen LogP contribution in [0.3, 0.4) is 0 Å². The summed E-state index contributed by atoms with van der Waals surface area (Å²) in [7, 11) is 0. The number of carbonyl (C=O) groups is 1. The average Bonchev–Trinajstić information content (AvgIpc) is 3.40. The summed E-state index contributed by atoms with van der Waals surface area (Å²) in [4.78, 5) is 25.8. The fourth-order valence-corrected chi connectivity index (χ4v) is 4.07. The Labute approximate surface area is 179 Å². The number of pyridine rings is 1. The van der Waals surface area contributed by atoms with Gasteiger partial charge in [-0.3, -0.25) is 10.1 Å². The minimum absolute atomic E-state index is 0.184. The molecule has 0 unspecified atom stereocenters. The quantitative estimate of drug-likeness (QED) is 0.466. The number of aryl methyl sites for hydroxylation is 1. The van der Waals surface area contributed by atoms with Crippen LogP contribution in [0.4, 0.5) is 5.13 Å². The number of hydrogen-bond acceptors (Lipinski definition) is 5. The standard InChI is InChI=1S/C22H26N6OS/c1-12(2)16-10-14(18-13(3)27-28(19(18)24-16)22(4,5)6)20(29)26-21-25-17(11-30-21)15-8-7-9-23-15/h7-12,23H,1-6H3,(H,25,26,29). The van der Waals surface area contributed by atoms with Crippen LogP contribution in [-0.2, 0) is 5.54 Å². The van der Waals surface area contributed by atoms with E-state index >= 15 is 0 Å². The van der Waals surface area contributed by atoms with Gasteiger partial charge in [0.15, 0.2) is 10.8 Å². The smallest absolute Gasteiger partial charge is 0.258 e. The van der Waals surface area contributed by atoms with Crippen molar-refractivity contribution < 1.29 is 4.79 Å². The SMILES string of the molecule is Cc1nn(C(C)(C)C)c2nc(C(C)C)cc(C(=O)Nc3nc(-c4ccc[nH]4)cs3)c12. The summed E-state index contributed by atoms with van der Waals surface area (Å²) in [6, 6.07) is 5.75. The molecule has 0 bridgehead atoms. The first-order valence-corrected chi connectivity index (χ1v) is 10.8. The highest BCUT2D eigenvalue weighted by Crippen LogP contribution is 2.30. The number of hydrogen-bond donors (Lipinski definition) is 2. The second-order valence-corrected chi connectivity index (χ2v) is 9.55. The molecule has 0 saturated heterocycles. The van der Waals surface area contributed by atoms with Crippen LogP contribution < -0.4 is 5.32 Å². The first kappa shape index (κ1) is 20.3. The number of anilines is 1. The van der Waals surface area contributed by atoms with E-state index in [4.69, 9.17) is 10.1 Å². The number of nitrogens with one attached hydrogen (secondary N) is 2. The van der Waals surface area contributed by atoms with Crippen LogP contribution in [0, 0.1) is 6.92 Å². The Bertz CT molecular complexity index is 1210. The third-order valence-corrected chi connectivity index (χ3v) is 5.66. The number of thiazole rings is 1. The Kier molecular flexibility index (Phi) is 4.97. The lowest BCUT2D eigenvalue weighted by molar-refractivity contribution is 0.102. The van der Waals surface area contributed by atoms with Crippen LogP contribution in [0.2, 0.25) is 0 Å². The van der Waals surface area contributed by atoms with Crippen LogP contribution in [0.5, 0.6) is 0 Å². The molecule has 0 fully saturated rings. The van der Waals surface area contributed by atoms with Crippen molar-refractivity contribution in [2.24, 2.45) is 0 Å². The molecule has 30 heavy (non-hydrogen) atoms. The molecule has 4 aromatic rings. The van der Waals surface area contributed by atoms with E-state index in [1.807, 2.05) is 41.4 Å². The van der Waals surface area contributed by atoms with Gasteiger partial charge in [0.1, 0.15) is 0 Å². The van der Waals surface area contributed by atoms with E-state index in [-0.39, 0.29) is 17.4 Å². The first-order chi connectivity index (χ1) is 14.1. The highest BCUT2D eigenvalue weighted by Gasteiger charge is 2.25. The molecule has 8 heteroatoms. The van der Waals surface area contributed by atoms with Gasteiger partial charge in [-0.15, -0.1) is 11.3 Å². The van der Waals surface area contributed by atoms with Crippen LogP contribution in [0.15, 0.2) is 29.8 Å². The minimum atomic E-state index is -0.247. The number of amides is 1. The van der Waals surface area contributed by atoms with E-state index in [2.05, 4.69) is 49.9 Å². The monoisotopic (exact) mass is 422 g/mol. The van der Waals surface area contributed by atoms with Crippen molar-refractivity contribution in [3.8, 4) is 11.4 Å². The average molecular weight is 423 g/mol. The molecule has 0 aliphatic carbocycles. The molecule has 156 valence electrons. The van der Waals surface area contributed by atoms with E-state index in [1.54, 1.807) is 0 Å². The maximum absolute atomic E-state index is 13.3. The zero-order valence-electron chi connectivity index (χ0n) is 18.1. The number of aromatic nitrogens is 5. The molecule has 0 saturated carbocycles. The van der Waals surface area contributed by atoms with Crippen molar-refractivity contribution in [1.29, 1.82) is 0 Å². The fraction of sp³-hybridized carbons (Fsp3) is 0.364. The molecule has 2 N–H and O–H groups in total. The van der Waals surface area contributed by atoms with Crippen molar-refractivity contribution in [1.82, 2.24) is 24.7 Å². The van der Waals surface area contributed by atoms with Gasteiger partial charge in [-0.05, 0) is 51.8 Å². The Hall–Kier alpha value is -3.00. The molecule has 4 heterocycles. The summed E-state index contributed by atoms with van der Waals surface area (Å²) in [5.41, 5.74) is 4.45. The molecule has 1 amide bonds. The van der Waals surface area contributed by atoms with E-state index in [1.165, 1.54) is 11.3 Å². The molecule has 4 rings (SSSR count). The Balaban J connectivity index is 1.77. The van der Waals surface area contributed by atoms with Crippen molar-refractivity contribution in [2.75, 3.05) is 5.32 Å². The van der Waals surface area contributed by atoms with E-state index < -0.39 is 0 Å². The summed E-state index contributed by atoms with van der Waals surface area (Å²) >= 11 is 1.40. The largest absolute Gasteiger partial charge is 0.360 e. The Morgan fingerprint density at radius 2 is 2.03 bits per heavy atom. The molecule has 0 aliphatic rings. The zero-order chi connectivity index (χ0) is 21.6. The molecule has 4 aromatic heterocycles. The molecule has 0 aromatic carbocycles. The zero-order valence-corrected chi connectivity index (χ0v) is 18.9. The number of nitrogens with zero attached hydrogens (tertiary/aromatic N) is 4. The Morgan fingerprint density at radius 3 is 2.67 bits per heavy atom. The normalized spacial score (nSPS) is 12.1. The summed E-state index contributed by atoms with van der Waals surface area (Å²) in [6.07, 6.45) is 1.85. The molecule has 7 nitrogen and oxygen atoms in total. The predicted octanol–water partition coefficient (Wildman–Crippen LogP) is 5.32. The molecular formula is C22H26N6OS. The number of rotatable bonds is 4. The van der Waals surface area contributed by atoms with Crippen molar-refractivity contribution in [2.45, 2.75) is 53.0 Å². The first-order valence-electron chi connectivity index (χ1n) is 9.96.